The van der Waals surface area contributed by atoms with Crippen molar-refractivity contribution in [2.75, 3.05) is 0 Å². The van der Waals surface area contributed by atoms with Crippen LogP contribution in [0.4, 0.5) is 14.5 Å². The Morgan fingerprint density at radius 2 is 2.07 bits per heavy atom. The summed E-state index contributed by atoms with van der Waals surface area (Å²) in [7, 11) is 0. The summed E-state index contributed by atoms with van der Waals surface area (Å²) in [6, 6.07) is 1.17. The van der Waals surface area contributed by atoms with Gasteiger partial charge in [0.1, 0.15) is 5.82 Å². The van der Waals surface area contributed by atoms with Crippen molar-refractivity contribution in [1.29, 1.82) is 0 Å². The lowest BCUT2D eigenvalue weighted by Gasteiger charge is -2.01. The highest BCUT2D eigenvalue weighted by Crippen LogP contribution is 2.21. The molecular formula is C7H6F2N2O3. The van der Waals surface area contributed by atoms with Crippen molar-refractivity contribution in [1.82, 2.24) is 0 Å². The summed E-state index contributed by atoms with van der Waals surface area (Å²) in [6.45, 7) is -0.346. The normalized spacial score (nSPS) is 10.2. The molecule has 0 radical (unpaired) electrons. The highest BCUT2D eigenvalue weighted by Gasteiger charge is 2.18. The van der Waals surface area contributed by atoms with E-state index in [4.69, 9.17) is 0 Å². The quantitative estimate of drug-likeness (QED) is 0.593. The fourth-order valence-corrected chi connectivity index (χ4v) is 0.918. The molecule has 1 aromatic rings. The Balaban J connectivity index is 3.17. The van der Waals surface area contributed by atoms with Gasteiger partial charge in [-0.2, -0.15) is 4.39 Å². The van der Waals surface area contributed by atoms with Gasteiger partial charge in [0.2, 0.25) is 5.82 Å². The second-order valence-electron chi connectivity index (χ2n) is 2.46. The second-order valence-corrected chi connectivity index (χ2v) is 2.46. The van der Waals surface area contributed by atoms with E-state index in [2.05, 4.69) is 10.7 Å². The molecule has 7 heteroatoms. The summed E-state index contributed by atoms with van der Waals surface area (Å²) in [5.74, 6) is 2.61. The summed E-state index contributed by atoms with van der Waals surface area (Å²) in [6.07, 6.45) is 0. The molecule has 0 saturated carbocycles. The van der Waals surface area contributed by atoms with E-state index in [1.54, 1.807) is 0 Å². The number of nitrogens with zero attached hydrogens (tertiary/aromatic N) is 1. The standard InChI is InChI=1S/C7H6F2N2O3/c8-5-2-7(11(12)13)6(9)1-4(5)3-14-10/h1-2H,3,10H2. The summed E-state index contributed by atoms with van der Waals surface area (Å²) in [5, 5.41) is 10.2. The number of rotatable bonds is 3. The zero-order valence-electron chi connectivity index (χ0n) is 6.87. The molecule has 76 valence electrons. The lowest BCUT2D eigenvalue weighted by molar-refractivity contribution is -0.387. The van der Waals surface area contributed by atoms with Gasteiger partial charge < -0.3 is 0 Å². The van der Waals surface area contributed by atoms with Gasteiger partial charge in [-0.25, -0.2) is 10.3 Å². The minimum absolute atomic E-state index is 0.171. The van der Waals surface area contributed by atoms with Gasteiger partial charge in [-0.3, -0.25) is 15.0 Å². The fourth-order valence-electron chi connectivity index (χ4n) is 0.918. The molecule has 0 atom stereocenters. The van der Waals surface area contributed by atoms with Crippen molar-refractivity contribution < 1.29 is 18.5 Å². The highest BCUT2D eigenvalue weighted by molar-refractivity contribution is 5.36. The van der Waals surface area contributed by atoms with Crippen LogP contribution in [-0.2, 0) is 11.4 Å². The van der Waals surface area contributed by atoms with Crippen LogP contribution >= 0.6 is 0 Å². The van der Waals surface area contributed by atoms with E-state index in [0.717, 1.165) is 0 Å². The fraction of sp³-hybridized carbons (Fsp3) is 0.143. The van der Waals surface area contributed by atoms with Crippen LogP contribution in [0.2, 0.25) is 0 Å². The lowest BCUT2D eigenvalue weighted by Crippen LogP contribution is -2.03. The first-order chi connectivity index (χ1) is 6.56. The zero-order chi connectivity index (χ0) is 10.7. The van der Waals surface area contributed by atoms with Gasteiger partial charge in [0, 0.05) is 5.56 Å². The van der Waals surface area contributed by atoms with E-state index in [1.807, 2.05) is 0 Å². The van der Waals surface area contributed by atoms with Crippen LogP contribution in [0.15, 0.2) is 12.1 Å². The summed E-state index contributed by atoms with van der Waals surface area (Å²) in [4.78, 5) is 13.3. The third-order valence-corrected chi connectivity index (χ3v) is 1.55. The van der Waals surface area contributed by atoms with Gasteiger partial charge in [0.05, 0.1) is 17.6 Å². The second kappa shape index (κ2) is 4.07. The Labute approximate surface area is 77.2 Å². The molecule has 14 heavy (non-hydrogen) atoms. The van der Waals surface area contributed by atoms with E-state index >= 15 is 0 Å². The van der Waals surface area contributed by atoms with Crippen LogP contribution in [0.5, 0.6) is 0 Å². The first kappa shape index (κ1) is 10.5. The number of nitro groups is 1. The van der Waals surface area contributed by atoms with E-state index in [1.165, 1.54) is 0 Å². The minimum Gasteiger partial charge on any atom is -0.300 e. The van der Waals surface area contributed by atoms with Crippen molar-refractivity contribution in [2.45, 2.75) is 6.61 Å². The van der Waals surface area contributed by atoms with Crippen molar-refractivity contribution in [3.8, 4) is 0 Å². The van der Waals surface area contributed by atoms with Gasteiger partial charge in [0.25, 0.3) is 0 Å². The number of hydrogen-bond acceptors (Lipinski definition) is 4. The molecule has 0 bridgehead atoms. The highest BCUT2D eigenvalue weighted by atomic mass is 19.1. The smallest absolute Gasteiger partial charge is 0.300 e. The minimum atomic E-state index is -1.12. The van der Waals surface area contributed by atoms with Crippen LogP contribution in [0.25, 0.3) is 0 Å². The molecule has 5 nitrogen and oxygen atoms in total. The molecule has 0 unspecified atom stereocenters. The number of hydrogen-bond donors (Lipinski definition) is 1. The number of nitrogens with two attached hydrogens (primary N) is 1. The lowest BCUT2D eigenvalue weighted by atomic mass is 10.2. The van der Waals surface area contributed by atoms with Crippen LogP contribution < -0.4 is 5.90 Å². The maximum absolute atomic E-state index is 13.0. The van der Waals surface area contributed by atoms with Gasteiger partial charge in [-0.15, -0.1) is 0 Å². The molecule has 1 rings (SSSR count). The molecule has 0 amide bonds. The molecule has 0 heterocycles. The van der Waals surface area contributed by atoms with Gasteiger partial charge >= 0.3 is 5.69 Å². The topological polar surface area (TPSA) is 78.4 Å². The van der Waals surface area contributed by atoms with Crippen molar-refractivity contribution in [2.24, 2.45) is 5.90 Å². The average molecular weight is 204 g/mol. The monoisotopic (exact) mass is 204 g/mol. The Bertz CT molecular complexity index is 370. The maximum Gasteiger partial charge on any atom is 0.307 e. The molecule has 0 aliphatic rings. The van der Waals surface area contributed by atoms with Gasteiger partial charge in [0.15, 0.2) is 0 Å². The molecule has 0 spiro atoms. The molecule has 0 fully saturated rings. The summed E-state index contributed by atoms with van der Waals surface area (Å²) >= 11 is 0. The van der Waals surface area contributed by atoms with Gasteiger partial charge in [-0.1, -0.05) is 0 Å². The molecule has 0 aliphatic carbocycles. The molecule has 0 aromatic heterocycles. The Hall–Kier alpha value is -1.60. The maximum atomic E-state index is 13.0. The van der Waals surface area contributed by atoms with Crippen LogP contribution in [-0.4, -0.2) is 4.92 Å². The first-order valence-electron chi connectivity index (χ1n) is 3.50. The number of halogens is 2. The first-order valence-corrected chi connectivity index (χ1v) is 3.50. The average Bonchev–Trinajstić information content (AvgIpc) is 2.10. The summed E-state index contributed by atoms with van der Waals surface area (Å²) in [5.41, 5.74) is -1.08. The van der Waals surface area contributed by atoms with Crippen molar-refractivity contribution in [3.05, 3.63) is 39.4 Å². The molecular weight excluding hydrogens is 198 g/mol. The van der Waals surface area contributed by atoms with Gasteiger partial charge in [-0.05, 0) is 6.07 Å². The molecule has 1 aromatic carbocycles. The third-order valence-electron chi connectivity index (χ3n) is 1.55. The zero-order valence-corrected chi connectivity index (χ0v) is 6.87. The van der Waals surface area contributed by atoms with E-state index in [-0.39, 0.29) is 12.2 Å². The number of nitro benzene ring substituents is 1. The van der Waals surface area contributed by atoms with E-state index in [9.17, 15) is 18.9 Å². The predicted octanol–water partition coefficient (Wildman–Crippen LogP) is 1.26. The van der Waals surface area contributed by atoms with Crippen molar-refractivity contribution in [3.63, 3.8) is 0 Å². The van der Waals surface area contributed by atoms with Crippen molar-refractivity contribution >= 4 is 5.69 Å². The van der Waals surface area contributed by atoms with Crippen LogP contribution in [0, 0.1) is 21.7 Å². The van der Waals surface area contributed by atoms with E-state index < -0.39 is 22.2 Å². The number of benzene rings is 1. The SMILES string of the molecule is NOCc1cc(F)c([N+](=O)[O-])cc1F. The Morgan fingerprint density at radius 3 is 2.57 bits per heavy atom. The largest absolute Gasteiger partial charge is 0.307 e. The van der Waals surface area contributed by atoms with E-state index in [0.29, 0.717) is 12.1 Å². The molecule has 2 N–H and O–H groups in total. The third kappa shape index (κ3) is 2.01. The van der Waals surface area contributed by atoms with Crippen LogP contribution in [0.3, 0.4) is 0 Å². The Morgan fingerprint density at radius 1 is 1.43 bits per heavy atom. The predicted molar refractivity (Wildman–Crippen MR) is 42.0 cm³/mol. The molecule has 0 saturated heterocycles. The molecule has 0 aliphatic heterocycles. The van der Waals surface area contributed by atoms with Crippen LogP contribution in [0.1, 0.15) is 5.56 Å². The Kier molecular flexibility index (Phi) is 3.05. The summed E-state index contributed by atoms with van der Waals surface area (Å²) < 4.78 is 25.9.